The van der Waals surface area contributed by atoms with E-state index in [1.54, 1.807) is 0 Å². The molecular formula is C18H16F3N5. The van der Waals surface area contributed by atoms with Gasteiger partial charge in [-0.2, -0.15) is 13.2 Å². The zero-order chi connectivity index (χ0) is 18.7. The number of hydrogen-bond acceptors (Lipinski definition) is 5. The van der Waals surface area contributed by atoms with Gasteiger partial charge in [0, 0.05) is 11.4 Å². The van der Waals surface area contributed by atoms with Crippen molar-refractivity contribution in [2.24, 2.45) is 0 Å². The SMILES string of the molecule is Cc1ccc(Nc2ncnc(Nc3cccc(C(F)(F)F)c3)c2N)cc1. The third-order valence-electron chi connectivity index (χ3n) is 3.65. The summed E-state index contributed by atoms with van der Waals surface area (Å²) in [7, 11) is 0. The summed E-state index contributed by atoms with van der Waals surface area (Å²) in [5, 5.41) is 5.87. The Hall–Kier alpha value is -3.29. The fourth-order valence-electron chi connectivity index (χ4n) is 2.28. The third-order valence-corrected chi connectivity index (χ3v) is 3.65. The van der Waals surface area contributed by atoms with Crippen LogP contribution in [0.15, 0.2) is 54.9 Å². The maximum atomic E-state index is 12.8. The minimum Gasteiger partial charge on any atom is -0.393 e. The second-order valence-corrected chi connectivity index (χ2v) is 5.68. The molecule has 5 nitrogen and oxygen atoms in total. The molecule has 0 spiro atoms. The summed E-state index contributed by atoms with van der Waals surface area (Å²) in [5.74, 6) is 0.576. The van der Waals surface area contributed by atoms with E-state index in [1.165, 1.54) is 18.5 Å². The molecule has 2 aromatic carbocycles. The number of benzene rings is 2. The molecule has 3 rings (SSSR count). The smallest absolute Gasteiger partial charge is 0.393 e. The molecule has 0 aliphatic carbocycles. The van der Waals surface area contributed by atoms with Gasteiger partial charge in [-0.15, -0.1) is 0 Å². The fraction of sp³-hybridized carbons (Fsp3) is 0.111. The molecule has 0 fully saturated rings. The van der Waals surface area contributed by atoms with Crippen LogP contribution in [0.4, 0.5) is 41.9 Å². The Balaban J connectivity index is 1.84. The maximum Gasteiger partial charge on any atom is 0.416 e. The molecule has 0 saturated heterocycles. The van der Waals surface area contributed by atoms with Gasteiger partial charge in [0.1, 0.15) is 12.0 Å². The predicted octanol–water partition coefficient (Wildman–Crippen LogP) is 4.87. The minimum atomic E-state index is -4.42. The second-order valence-electron chi connectivity index (χ2n) is 5.68. The van der Waals surface area contributed by atoms with Crippen molar-refractivity contribution in [1.29, 1.82) is 0 Å². The summed E-state index contributed by atoms with van der Waals surface area (Å²) >= 11 is 0. The number of nitrogens with two attached hydrogens (primary N) is 1. The van der Waals surface area contributed by atoms with E-state index in [-0.39, 0.29) is 17.2 Å². The maximum absolute atomic E-state index is 12.8. The Labute approximate surface area is 148 Å². The van der Waals surface area contributed by atoms with Crippen molar-refractivity contribution < 1.29 is 13.2 Å². The molecule has 0 aliphatic rings. The van der Waals surface area contributed by atoms with Crippen LogP contribution in [0.25, 0.3) is 0 Å². The molecule has 0 aliphatic heterocycles. The van der Waals surface area contributed by atoms with Gasteiger partial charge in [0.05, 0.1) is 5.56 Å². The summed E-state index contributed by atoms with van der Waals surface area (Å²) in [6, 6.07) is 12.4. The van der Waals surface area contributed by atoms with Crippen LogP contribution < -0.4 is 16.4 Å². The summed E-state index contributed by atoms with van der Waals surface area (Å²) in [6.07, 6.45) is -3.14. The molecule has 134 valence electrons. The van der Waals surface area contributed by atoms with E-state index in [1.807, 2.05) is 31.2 Å². The van der Waals surface area contributed by atoms with Crippen molar-refractivity contribution in [3.63, 3.8) is 0 Å². The Morgan fingerprint density at radius 2 is 1.50 bits per heavy atom. The molecular weight excluding hydrogens is 343 g/mol. The lowest BCUT2D eigenvalue weighted by Gasteiger charge is -2.14. The number of nitrogens with one attached hydrogen (secondary N) is 2. The molecule has 3 aromatic rings. The topological polar surface area (TPSA) is 75.9 Å². The van der Waals surface area contributed by atoms with Gasteiger partial charge >= 0.3 is 6.18 Å². The van der Waals surface area contributed by atoms with E-state index >= 15 is 0 Å². The van der Waals surface area contributed by atoms with Crippen molar-refractivity contribution in [1.82, 2.24) is 9.97 Å². The molecule has 26 heavy (non-hydrogen) atoms. The Morgan fingerprint density at radius 1 is 0.885 bits per heavy atom. The molecule has 0 unspecified atom stereocenters. The van der Waals surface area contributed by atoms with E-state index in [0.29, 0.717) is 5.82 Å². The lowest BCUT2D eigenvalue weighted by atomic mass is 10.2. The minimum absolute atomic E-state index is 0.200. The van der Waals surface area contributed by atoms with Crippen LogP contribution >= 0.6 is 0 Å². The Morgan fingerprint density at radius 3 is 2.12 bits per heavy atom. The van der Waals surface area contributed by atoms with Crippen molar-refractivity contribution in [2.45, 2.75) is 13.1 Å². The van der Waals surface area contributed by atoms with Gasteiger partial charge in [0.15, 0.2) is 11.6 Å². The highest BCUT2D eigenvalue weighted by Crippen LogP contribution is 2.33. The number of nitrogen functional groups attached to an aromatic ring is 1. The zero-order valence-corrected chi connectivity index (χ0v) is 13.8. The number of aryl methyl sites for hydroxylation is 1. The Bertz CT molecular complexity index is 907. The zero-order valence-electron chi connectivity index (χ0n) is 13.8. The summed E-state index contributed by atoms with van der Waals surface area (Å²) in [4.78, 5) is 8.10. The first-order chi connectivity index (χ1) is 12.3. The van der Waals surface area contributed by atoms with E-state index < -0.39 is 11.7 Å². The Kier molecular flexibility index (Phi) is 4.66. The number of rotatable bonds is 4. The number of aromatic nitrogens is 2. The van der Waals surface area contributed by atoms with Crippen LogP contribution in [0.5, 0.6) is 0 Å². The second kappa shape index (κ2) is 6.91. The first-order valence-electron chi connectivity index (χ1n) is 7.71. The van der Waals surface area contributed by atoms with Gasteiger partial charge in [-0.3, -0.25) is 0 Å². The van der Waals surface area contributed by atoms with E-state index in [9.17, 15) is 13.2 Å². The molecule has 1 aromatic heterocycles. The lowest BCUT2D eigenvalue weighted by Crippen LogP contribution is -2.07. The van der Waals surface area contributed by atoms with E-state index in [2.05, 4.69) is 20.6 Å². The van der Waals surface area contributed by atoms with E-state index in [0.717, 1.165) is 23.4 Å². The van der Waals surface area contributed by atoms with Crippen molar-refractivity contribution in [3.05, 3.63) is 66.0 Å². The van der Waals surface area contributed by atoms with Gasteiger partial charge in [-0.25, -0.2) is 9.97 Å². The first kappa shape index (κ1) is 17.5. The van der Waals surface area contributed by atoms with Crippen LogP contribution in [-0.2, 0) is 6.18 Å². The normalized spacial score (nSPS) is 11.2. The van der Waals surface area contributed by atoms with Crippen LogP contribution in [0, 0.1) is 6.92 Å². The average molecular weight is 359 g/mol. The number of anilines is 5. The van der Waals surface area contributed by atoms with Crippen molar-refractivity contribution >= 4 is 28.7 Å². The van der Waals surface area contributed by atoms with E-state index in [4.69, 9.17) is 5.73 Å². The summed E-state index contributed by atoms with van der Waals surface area (Å²) in [6.45, 7) is 1.97. The largest absolute Gasteiger partial charge is 0.416 e. The average Bonchev–Trinajstić information content (AvgIpc) is 2.60. The fourth-order valence-corrected chi connectivity index (χ4v) is 2.28. The van der Waals surface area contributed by atoms with Crippen LogP contribution in [0.2, 0.25) is 0 Å². The molecule has 8 heteroatoms. The molecule has 0 radical (unpaired) electrons. The molecule has 1 heterocycles. The summed E-state index contributed by atoms with van der Waals surface area (Å²) in [5.41, 5.74) is 7.62. The standard InChI is InChI=1S/C18H16F3N5/c1-11-5-7-13(8-6-11)25-16-15(22)17(24-10-23-16)26-14-4-2-3-12(9-14)18(19,20)21/h2-10H,22H2,1H3,(H2,23,24,25,26). The van der Waals surface area contributed by atoms with Crippen LogP contribution in [0.3, 0.4) is 0 Å². The number of nitrogens with zero attached hydrogens (tertiary/aromatic N) is 2. The summed E-state index contributed by atoms with van der Waals surface area (Å²) < 4.78 is 38.5. The third kappa shape index (κ3) is 4.02. The van der Waals surface area contributed by atoms with Gasteiger partial charge in [0.2, 0.25) is 0 Å². The highest BCUT2D eigenvalue weighted by Gasteiger charge is 2.30. The van der Waals surface area contributed by atoms with Gasteiger partial charge in [-0.05, 0) is 37.3 Å². The van der Waals surface area contributed by atoms with Gasteiger partial charge in [-0.1, -0.05) is 23.8 Å². The van der Waals surface area contributed by atoms with Crippen molar-refractivity contribution in [2.75, 3.05) is 16.4 Å². The molecule has 0 bridgehead atoms. The lowest BCUT2D eigenvalue weighted by molar-refractivity contribution is -0.137. The number of halogens is 3. The quantitative estimate of drug-likeness (QED) is 0.619. The predicted molar refractivity (Wildman–Crippen MR) is 95.6 cm³/mol. The van der Waals surface area contributed by atoms with Gasteiger partial charge < -0.3 is 16.4 Å². The molecule has 0 saturated carbocycles. The molecule has 4 N–H and O–H groups in total. The van der Waals surface area contributed by atoms with Gasteiger partial charge in [0.25, 0.3) is 0 Å². The molecule has 0 atom stereocenters. The van der Waals surface area contributed by atoms with Crippen molar-refractivity contribution in [3.8, 4) is 0 Å². The monoisotopic (exact) mass is 359 g/mol. The van der Waals surface area contributed by atoms with Crippen LogP contribution in [-0.4, -0.2) is 9.97 Å². The number of alkyl halides is 3. The molecule has 0 amide bonds. The highest BCUT2D eigenvalue weighted by atomic mass is 19.4. The van der Waals surface area contributed by atoms with Crippen LogP contribution in [0.1, 0.15) is 11.1 Å². The number of hydrogen-bond donors (Lipinski definition) is 3. The highest BCUT2D eigenvalue weighted by molar-refractivity contribution is 5.80. The first-order valence-corrected chi connectivity index (χ1v) is 7.71.